The Morgan fingerprint density at radius 3 is 2.34 bits per heavy atom. The number of carbonyl (C=O) groups is 3. The summed E-state index contributed by atoms with van der Waals surface area (Å²) in [5.41, 5.74) is 5.05. The van der Waals surface area contributed by atoms with Crippen LogP contribution in [0.4, 0.5) is 22.7 Å². The van der Waals surface area contributed by atoms with Crippen molar-refractivity contribution in [2.24, 2.45) is 0 Å². The van der Waals surface area contributed by atoms with Crippen molar-refractivity contribution in [1.82, 2.24) is 0 Å². The Morgan fingerprint density at radius 1 is 0.909 bits per heavy atom. The number of benzene rings is 3. The fourth-order valence-electron chi connectivity index (χ4n) is 6.09. The summed E-state index contributed by atoms with van der Waals surface area (Å²) in [5.74, 6) is -3.87. The van der Waals surface area contributed by atoms with Gasteiger partial charge in [-0.3, -0.25) is 15.0 Å². The Hall–Kier alpha value is -5.44. The number of anilines is 4. The maximum absolute atomic E-state index is 13.1. The maximum Gasteiger partial charge on any atom is 0.354 e. The molecular weight excluding hydrogens is 556 g/mol. The van der Waals surface area contributed by atoms with Crippen LogP contribution in [0.15, 0.2) is 95.3 Å². The van der Waals surface area contributed by atoms with Crippen LogP contribution in [0.2, 0.25) is 0 Å². The van der Waals surface area contributed by atoms with Gasteiger partial charge in [0, 0.05) is 42.9 Å². The first-order valence-corrected chi connectivity index (χ1v) is 14.6. The minimum atomic E-state index is -1.69. The fraction of sp³-hybridized carbons (Fsp3) is 0.200. The van der Waals surface area contributed by atoms with Crippen LogP contribution in [0, 0.1) is 5.41 Å². The van der Waals surface area contributed by atoms with Crippen LogP contribution in [-0.2, 0) is 27.2 Å². The standard InChI is InChI=1S/C35H32N4O5/c1-38-17-5-7-23-20-25(13-16-27(23)38)39-18-6-8-22-19-21(12-15-28(22)39)11-14-26-32(40)30(33(26)41)29(31(36)35(43)44)34(42)37-24-9-3-2-4-10-24/h2-4,9-16,19-20,36,40H,5-8,17-18H2,1H3,(H,37,42)(H,43,44)/b14-11+,30-29+,36-31?. The van der Waals surface area contributed by atoms with Crippen molar-refractivity contribution in [3.63, 3.8) is 0 Å². The van der Waals surface area contributed by atoms with E-state index in [-0.39, 0.29) is 5.57 Å². The van der Waals surface area contributed by atoms with Crippen LogP contribution in [0.3, 0.4) is 0 Å². The molecule has 3 aromatic rings. The third-order valence-electron chi connectivity index (χ3n) is 8.33. The van der Waals surface area contributed by atoms with Crippen LogP contribution in [-0.4, -0.2) is 53.7 Å². The van der Waals surface area contributed by atoms with Gasteiger partial charge in [-0.2, -0.15) is 0 Å². The van der Waals surface area contributed by atoms with E-state index in [1.165, 1.54) is 28.6 Å². The predicted molar refractivity (Wildman–Crippen MR) is 171 cm³/mol. The van der Waals surface area contributed by atoms with Crippen molar-refractivity contribution >= 4 is 52.2 Å². The minimum Gasteiger partial charge on any atom is -0.506 e. The zero-order valence-electron chi connectivity index (χ0n) is 24.3. The zero-order chi connectivity index (χ0) is 31.0. The second-order valence-corrected chi connectivity index (χ2v) is 11.2. The summed E-state index contributed by atoms with van der Waals surface area (Å²) in [7, 11) is 2.13. The first kappa shape index (κ1) is 28.7. The van der Waals surface area contributed by atoms with Gasteiger partial charge in [-0.25, -0.2) is 4.79 Å². The molecular formula is C35H32N4O5. The molecule has 4 N–H and O–H groups in total. The molecule has 44 heavy (non-hydrogen) atoms. The average Bonchev–Trinajstić information content (AvgIpc) is 3.03. The number of aryl methyl sites for hydroxylation is 2. The van der Waals surface area contributed by atoms with Gasteiger partial charge in [0.1, 0.15) is 5.76 Å². The van der Waals surface area contributed by atoms with Gasteiger partial charge in [-0.15, -0.1) is 0 Å². The van der Waals surface area contributed by atoms with Crippen LogP contribution < -0.4 is 15.1 Å². The minimum absolute atomic E-state index is 0.0541. The molecule has 9 heteroatoms. The normalized spacial score (nSPS) is 17.2. The molecule has 0 unspecified atom stereocenters. The summed E-state index contributed by atoms with van der Waals surface area (Å²) in [6.45, 7) is 2.00. The second kappa shape index (κ2) is 11.7. The Morgan fingerprint density at radius 2 is 1.61 bits per heavy atom. The van der Waals surface area contributed by atoms with Gasteiger partial charge < -0.3 is 25.3 Å². The summed E-state index contributed by atoms with van der Waals surface area (Å²) in [6.07, 6.45) is 7.31. The topological polar surface area (TPSA) is 134 Å². The zero-order valence-corrected chi connectivity index (χ0v) is 24.3. The highest BCUT2D eigenvalue weighted by Gasteiger charge is 2.39. The maximum atomic E-state index is 13.1. The van der Waals surface area contributed by atoms with Gasteiger partial charge in [0.25, 0.3) is 5.91 Å². The molecule has 2 heterocycles. The van der Waals surface area contributed by atoms with Crippen molar-refractivity contribution < 1.29 is 24.6 Å². The van der Waals surface area contributed by atoms with E-state index in [9.17, 15) is 24.6 Å². The number of nitrogens with one attached hydrogen (secondary N) is 2. The number of ketones is 1. The van der Waals surface area contributed by atoms with E-state index in [4.69, 9.17) is 5.41 Å². The number of allylic oxidation sites excluding steroid dienone is 3. The van der Waals surface area contributed by atoms with Crippen LogP contribution >= 0.6 is 0 Å². The largest absolute Gasteiger partial charge is 0.506 e. The first-order valence-electron chi connectivity index (χ1n) is 14.6. The first-order chi connectivity index (χ1) is 21.2. The third kappa shape index (κ3) is 5.28. The molecule has 1 amide bonds. The number of aliphatic carboxylic acids is 1. The van der Waals surface area contributed by atoms with E-state index >= 15 is 0 Å². The number of amides is 1. The number of carboxylic acid groups (broad SMARTS) is 1. The monoisotopic (exact) mass is 588 g/mol. The highest BCUT2D eigenvalue weighted by atomic mass is 16.4. The molecule has 222 valence electrons. The molecule has 0 saturated heterocycles. The van der Waals surface area contributed by atoms with Gasteiger partial charge in [0.05, 0.1) is 16.7 Å². The number of aliphatic hydroxyl groups excluding tert-OH is 1. The van der Waals surface area contributed by atoms with Crippen LogP contribution in [0.25, 0.3) is 6.08 Å². The van der Waals surface area contributed by atoms with Crippen molar-refractivity contribution in [1.29, 1.82) is 5.41 Å². The molecule has 0 fully saturated rings. The molecule has 3 aliphatic rings. The summed E-state index contributed by atoms with van der Waals surface area (Å²) >= 11 is 0. The molecule has 6 rings (SSSR count). The summed E-state index contributed by atoms with van der Waals surface area (Å²) in [4.78, 5) is 42.2. The molecule has 2 aliphatic heterocycles. The van der Waals surface area contributed by atoms with Crippen molar-refractivity contribution in [2.75, 3.05) is 35.3 Å². The number of carbonyl (C=O) groups excluding carboxylic acids is 2. The van der Waals surface area contributed by atoms with E-state index in [2.05, 4.69) is 52.5 Å². The fourth-order valence-corrected chi connectivity index (χ4v) is 6.09. The van der Waals surface area contributed by atoms with Crippen molar-refractivity contribution in [3.05, 3.63) is 112 Å². The lowest BCUT2D eigenvalue weighted by atomic mass is 9.82. The second-order valence-electron chi connectivity index (χ2n) is 11.2. The molecule has 1 aliphatic carbocycles. The highest BCUT2D eigenvalue weighted by molar-refractivity contribution is 6.51. The summed E-state index contributed by atoms with van der Waals surface area (Å²) in [5, 5.41) is 30.6. The number of hydrogen-bond acceptors (Lipinski definition) is 7. The number of rotatable bonds is 7. The molecule has 0 radical (unpaired) electrons. The number of para-hydroxylation sites is 1. The lowest BCUT2D eigenvalue weighted by Crippen LogP contribution is -2.33. The molecule has 0 bridgehead atoms. The Bertz CT molecular complexity index is 1800. The van der Waals surface area contributed by atoms with Crippen molar-refractivity contribution in [2.45, 2.75) is 25.7 Å². The van der Waals surface area contributed by atoms with Gasteiger partial charge in [0.15, 0.2) is 5.71 Å². The predicted octanol–water partition coefficient (Wildman–Crippen LogP) is 5.60. The summed E-state index contributed by atoms with van der Waals surface area (Å²) < 4.78 is 0. The molecule has 0 aromatic heterocycles. The number of nitrogens with zero attached hydrogens (tertiary/aromatic N) is 2. The number of aliphatic hydroxyl groups is 1. The van der Waals surface area contributed by atoms with E-state index in [0.29, 0.717) is 5.69 Å². The molecule has 3 aromatic carbocycles. The highest BCUT2D eigenvalue weighted by Crippen LogP contribution is 2.38. The number of fused-ring (bicyclic) bond motifs is 2. The summed E-state index contributed by atoms with van der Waals surface area (Å²) in [6, 6.07) is 21.0. The number of Topliss-reactive ketones (excluding diaryl/α,β-unsaturated/α-hetero) is 1. The van der Waals surface area contributed by atoms with Gasteiger partial charge >= 0.3 is 5.97 Å². The molecule has 9 nitrogen and oxygen atoms in total. The van der Waals surface area contributed by atoms with Crippen LogP contribution in [0.1, 0.15) is 29.5 Å². The SMILES string of the molecule is CN1CCCc2cc(N3CCCc4cc(/C=C/C5=C(O)C(=C(/C(=N)C(=O)O)C(=O)Nc6ccccc6)/C5=O)ccc43)ccc21. The van der Waals surface area contributed by atoms with E-state index in [1.54, 1.807) is 36.4 Å². The Balaban J connectivity index is 1.26. The molecule has 0 saturated carbocycles. The quantitative estimate of drug-likeness (QED) is 0.209. The van der Waals surface area contributed by atoms with Crippen molar-refractivity contribution in [3.8, 4) is 0 Å². The van der Waals surface area contributed by atoms with Gasteiger partial charge in [-0.1, -0.05) is 30.3 Å². The lowest BCUT2D eigenvalue weighted by molar-refractivity contribution is -0.129. The average molecular weight is 589 g/mol. The molecule has 0 spiro atoms. The number of carboxylic acids is 1. The van der Waals surface area contributed by atoms with Gasteiger partial charge in [-0.05, 0) is 90.9 Å². The van der Waals surface area contributed by atoms with E-state index < -0.39 is 40.3 Å². The lowest BCUT2D eigenvalue weighted by Gasteiger charge is -2.34. The molecule has 0 atom stereocenters. The van der Waals surface area contributed by atoms with E-state index in [0.717, 1.165) is 50.0 Å². The number of hydrogen-bond donors (Lipinski definition) is 4. The Kier molecular flexibility index (Phi) is 7.61. The smallest absolute Gasteiger partial charge is 0.354 e. The van der Waals surface area contributed by atoms with Crippen LogP contribution in [0.5, 0.6) is 0 Å². The van der Waals surface area contributed by atoms with E-state index in [1.807, 2.05) is 6.07 Å². The Labute approximate surface area is 254 Å². The third-order valence-corrected chi connectivity index (χ3v) is 8.33. The van der Waals surface area contributed by atoms with Gasteiger partial charge in [0.2, 0.25) is 5.78 Å².